The van der Waals surface area contributed by atoms with E-state index >= 15 is 0 Å². The number of piperazine rings is 1. The topological polar surface area (TPSA) is 71.0 Å². The van der Waals surface area contributed by atoms with Crippen LogP contribution < -0.4 is 14.8 Å². The summed E-state index contributed by atoms with van der Waals surface area (Å²) in [6, 6.07) is 4.74. The van der Waals surface area contributed by atoms with Crippen LogP contribution in [0.25, 0.3) is 0 Å². The van der Waals surface area contributed by atoms with Crippen molar-refractivity contribution in [1.82, 2.24) is 10.2 Å². The maximum absolute atomic E-state index is 11.8. The molecular weight excluding hydrogens is 296 g/mol. The molecule has 1 fully saturated rings. The summed E-state index contributed by atoms with van der Waals surface area (Å²) in [4.78, 5) is 13.8. The van der Waals surface area contributed by atoms with E-state index in [2.05, 4.69) is 12.2 Å². The number of methoxy groups -OCH3 is 1. The first-order valence-electron chi connectivity index (χ1n) is 8.15. The molecule has 0 radical (unpaired) electrons. The lowest BCUT2D eigenvalue weighted by Gasteiger charge is -2.32. The molecule has 0 spiro atoms. The summed E-state index contributed by atoms with van der Waals surface area (Å²) in [5, 5.41) is 12.9. The van der Waals surface area contributed by atoms with Crippen LogP contribution in [0.15, 0.2) is 18.2 Å². The van der Waals surface area contributed by atoms with Crippen LogP contribution in [-0.2, 0) is 4.79 Å². The van der Waals surface area contributed by atoms with Crippen LogP contribution in [0.1, 0.15) is 31.4 Å². The zero-order chi connectivity index (χ0) is 16.7. The number of hydrogen-bond acceptors (Lipinski definition) is 5. The number of aliphatic carboxylic acids is 1. The quantitative estimate of drug-likeness (QED) is 0.713. The Hall–Kier alpha value is -1.79. The van der Waals surface area contributed by atoms with Crippen LogP contribution >= 0.6 is 0 Å². The third kappa shape index (κ3) is 4.59. The standard InChI is InChI=1S/C17H26N2O4/c1-3-4-11-23-15-12-13(5-6-14(15)22-2)16(17(20)21)19-9-7-18-8-10-19/h5-6,12,16,18H,3-4,7-11H2,1-2H3,(H,20,21). The van der Waals surface area contributed by atoms with E-state index in [0.29, 0.717) is 18.1 Å². The largest absolute Gasteiger partial charge is 0.493 e. The fourth-order valence-electron chi connectivity index (χ4n) is 2.75. The van der Waals surface area contributed by atoms with Crippen molar-refractivity contribution in [3.63, 3.8) is 0 Å². The molecule has 1 aliphatic rings. The van der Waals surface area contributed by atoms with Crippen LogP contribution in [0.5, 0.6) is 11.5 Å². The molecule has 1 atom stereocenters. The summed E-state index contributed by atoms with van der Waals surface area (Å²) in [6.45, 7) is 5.74. The predicted octanol–water partition coefficient (Wildman–Crippen LogP) is 1.90. The van der Waals surface area contributed by atoms with E-state index in [4.69, 9.17) is 9.47 Å². The van der Waals surface area contributed by atoms with Crippen molar-refractivity contribution in [3.8, 4) is 11.5 Å². The molecule has 1 aromatic rings. The number of carboxylic acids is 1. The van der Waals surface area contributed by atoms with E-state index in [9.17, 15) is 9.90 Å². The van der Waals surface area contributed by atoms with Crippen molar-refractivity contribution in [1.29, 1.82) is 0 Å². The molecule has 23 heavy (non-hydrogen) atoms. The number of ether oxygens (including phenoxy) is 2. The summed E-state index contributed by atoms with van der Waals surface area (Å²) in [5.74, 6) is 0.408. The number of nitrogens with one attached hydrogen (secondary N) is 1. The van der Waals surface area contributed by atoms with E-state index in [0.717, 1.165) is 44.6 Å². The minimum atomic E-state index is -0.837. The average Bonchev–Trinajstić information content (AvgIpc) is 2.56. The SMILES string of the molecule is CCCCOc1cc(C(C(=O)O)N2CCNCC2)ccc1OC. The molecule has 2 rings (SSSR count). The fraction of sp³-hybridized carbons (Fsp3) is 0.588. The first kappa shape index (κ1) is 17.6. The number of hydrogen-bond donors (Lipinski definition) is 2. The van der Waals surface area contributed by atoms with E-state index in [1.807, 2.05) is 11.0 Å². The molecule has 2 N–H and O–H groups in total. The molecule has 0 saturated carbocycles. The molecule has 1 heterocycles. The first-order valence-corrected chi connectivity index (χ1v) is 8.15. The molecule has 0 aliphatic carbocycles. The Kier molecular flexibility index (Phi) is 6.67. The van der Waals surface area contributed by atoms with Crippen molar-refractivity contribution in [2.45, 2.75) is 25.8 Å². The highest BCUT2D eigenvalue weighted by atomic mass is 16.5. The van der Waals surface area contributed by atoms with Crippen LogP contribution in [0.3, 0.4) is 0 Å². The van der Waals surface area contributed by atoms with Crippen molar-refractivity contribution in [2.24, 2.45) is 0 Å². The Bertz CT molecular complexity index is 515. The summed E-state index contributed by atoms with van der Waals surface area (Å²) >= 11 is 0. The predicted molar refractivity (Wildman–Crippen MR) is 88.2 cm³/mol. The second-order valence-corrected chi connectivity index (χ2v) is 5.64. The Morgan fingerprint density at radius 3 is 2.70 bits per heavy atom. The molecule has 0 amide bonds. The van der Waals surface area contributed by atoms with Crippen molar-refractivity contribution in [3.05, 3.63) is 23.8 Å². The van der Waals surface area contributed by atoms with Crippen LogP contribution in [0, 0.1) is 0 Å². The Morgan fingerprint density at radius 1 is 1.35 bits per heavy atom. The third-order valence-electron chi connectivity index (χ3n) is 4.01. The molecule has 0 bridgehead atoms. The highest BCUT2D eigenvalue weighted by Crippen LogP contribution is 2.32. The van der Waals surface area contributed by atoms with Gasteiger partial charge in [-0.2, -0.15) is 0 Å². The van der Waals surface area contributed by atoms with Gasteiger partial charge in [0.2, 0.25) is 0 Å². The monoisotopic (exact) mass is 322 g/mol. The lowest BCUT2D eigenvalue weighted by Crippen LogP contribution is -2.47. The summed E-state index contributed by atoms with van der Waals surface area (Å²) in [5.41, 5.74) is 0.728. The second-order valence-electron chi connectivity index (χ2n) is 5.64. The second kappa shape index (κ2) is 8.74. The minimum absolute atomic E-state index is 0.599. The molecule has 128 valence electrons. The van der Waals surface area contributed by atoms with Gasteiger partial charge < -0.3 is 19.9 Å². The lowest BCUT2D eigenvalue weighted by atomic mass is 10.0. The molecule has 1 unspecified atom stereocenters. The van der Waals surface area contributed by atoms with Crippen LogP contribution in [0.2, 0.25) is 0 Å². The van der Waals surface area contributed by atoms with Crippen LogP contribution in [0.4, 0.5) is 0 Å². The van der Waals surface area contributed by atoms with Gasteiger partial charge in [0.05, 0.1) is 13.7 Å². The number of rotatable bonds is 8. The van der Waals surface area contributed by atoms with Crippen LogP contribution in [-0.4, -0.2) is 55.9 Å². The molecular formula is C17H26N2O4. The first-order chi connectivity index (χ1) is 11.2. The number of carbonyl (C=O) groups is 1. The summed E-state index contributed by atoms with van der Waals surface area (Å²) in [6.07, 6.45) is 1.99. The van der Waals surface area contributed by atoms with Gasteiger partial charge in [0.1, 0.15) is 6.04 Å². The molecule has 1 saturated heterocycles. The smallest absolute Gasteiger partial charge is 0.325 e. The molecule has 0 aromatic heterocycles. The van der Waals surface area contributed by atoms with Gasteiger partial charge >= 0.3 is 5.97 Å². The minimum Gasteiger partial charge on any atom is -0.493 e. The van der Waals surface area contributed by atoms with Gasteiger partial charge in [0.25, 0.3) is 0 Å². The Balaban J connectivity index is 2.24. The van der Waals surface area contributed by atoms with E-state index in [1.165, 1.54) is 0 Å². The fourth-order valence-corrected chi connectivity index (χ4v) is 2.75. The lowest BCUT2D eigenvalue weighted by molar-refractivity contribution is -0.143. The number of carboxylic acid groups (broad SMARTS) is 1. The normalized spacial score (nSPS) is 16.8. The van der Waals surface area contributed by atoms with Gasteiger partial charge in [0, 0.05) is 26.2 Å². The van der Waals surface area contributed by atoms with E-state index < -0.39 is 12.0 Å². The van der Waals surface area contributed by atoms with E-state index in [-0.39, 0.29) is 0 Å². The van der Waals surface area contributed by atoms with Crippen molar-refractivity contribution >= 4 is 5.97 Å². The molecule has 6 heteroatoms. The maximum atomic E-state index is 11.8. The Morgan fingerprint density at radius 2 is 2.09 bits per heavy atom. The van der Waals surface area contributed by atoms with Gasteiger partial charge in [0.15, 0.2) is 11.5 Å². The number of benzene rings is 1. The van der Waals surface area contributed by atoms with Gasteiger partial charge in [-0.3, -0.25) is 9.69 Å². The van der Waals surface area contributed by atoms with E-state index in [1.54, 1.807) is 19.2 Å². The summed E-state index contributed by atoms with van der Waals surface area (Å²) in [7, 11) is 1.59. The van der Waals surface area contributed by atoms with Gasteiger partial charge in [-0.05, 0) is 24.1 Å². The highest BCUT2D eigenvalue weighted by Gasteiger charge is 2.29. The zero-order valence-electron chi connectivity index (χ0n) is 13.9. The maximum Gasteiger partial charge on any atom is 0.325 e. The molecule has 1 aliphatic heterocycles. The zero-order valence-corrected chi connectivity index (χ0v) is 13.9. The van der Waals surface area contributed by atoms with Gasteiger partial charge in [-0.15, -0.1) is 0 Å². The third-order valence-corrected chi connectivity index (χ3v) is 4.01. The Labute approximate surface area is 137 Å². The van der Waals surface area contributed by atoms with Crippen molar-refractivity contribution < 1.29 is 19.4 Å². The molecule has 1 aromatic carbocycles. The molecule has 6 nitrogen and oxygen atoms in total. The van der Waals surface area contributed by atoms with Crippen molar-refractivity contribution in [2.75, 3.05) is 39.9 Å². The number of unbranched alkanes of at least 4 members (excludes halogenated alkanes) is 1. The number of nitrogens with zero attached hydrogens (tertiary/aromatic N) is 1. The summed E-state index contributed by atoms with van der Waals surface area (Å²) < 4.78 is 11.1. The van der Waals surface area contributed by atoms with Gasteiger partial charge in [-0.25, -0.2) is 0 Å². The average molecular weight is 322 g/mol. The van der Waals surface area contributed by atoms with Gasteiger partial charge in [-0.1, -0.05) is 19.4 Å². The highest BCUT2D eigenvalue weighted by molar-refractivity contribution is 5.76.